The Morgan fingerprint density at radius 1 is 1.19 bits per heavy atom. The molecule has 1 aliphatic carbocycles. The van der Waals surface area contributed by atoms with Gasteiger partial charge >= 0.3 is 0 Å². The van der Waals surface area contributed by atoms with Gasteiger partial charge in [-0.05, 0) is 43.5 Å². The first-order chi connectivity index (χ1) is 14.7. The standard InChI is InChI=1S/C22H25ClN4O3S/c1-14-8-9-18(31(29,30)26-17-6-4-3-5-7-17)11-19(14)21-12-24-22-20(25-15(2)28)10-16(23)13-27(21)22/h8-13,17,26H,3-7H2,1-2H3,(H,25,28). The maximum atomic E-state index is 13.0. The molecule has 1 fully saturated rings. The van der Waals surface area contributed by atoms with E-state index in [2.05, 4.69) is 15.0 Å². The molecule has 2 N–H and O–H groups in total. The Morgan fingerprint density at radius 2 is 1.94 bits per heavy atom. The molecule has 9 heteroatoms. The van der Waals surface area contributed by atoms with Crippen LogP contribution in [-0.2, 0) is 14.8 Å². The number of sulfonamides is 1. The van der Waals surface area contributed by atoms with Gasteiger partial charge in [-0.1, -0.05) is 36.9 Å². The molecule has 2 heterocycles. The molecule has 3 aromatic rings. The summed E-state index contributed by atoms with van der Waals surface area (Å²) >= 11 is 6.27. The number of fused-ring (bicyclic) bond motifs is 1. The van der Waals surface area contributed by atoms with Crippen molar-refractivity contribution in [3.63, 3.8) is 0 Å². The molecule has 0 saturated heterocycles. The summed E-state index contributed by atoms with van der Waals surface area (Å²) in [6.45, 7) is 3.33. The highest BCUT2D eigenvalue weighted by molar-refractivity contribution is 7.89. The lowest BCUT2D eigenvalue weighted by Crippen LogP contribution is -2.36. The Balaban J connectivity index is 1.76. The predicted octanol–water partition coefficient (Wildman–Crippen LogP) is 4.53. The molecule has 7 nitrogen and oxygen atoms in total. The Bertz CT molecular complexity index is 1250. The smallest absolute Gasteiger partial charge is 0.240 e. The predicted molar refractivity (Wildman–Crippen MR) is 122 cm³/mol. The molecule has 0 radical (unpaired) electrons. The summed E-state index contributed by atoms with van der Waals surface area (Å²) in [5, 5.41) is 3.16. The highest BCUT2D eigenvalue weighted by Gasteiger charge is 2.23. The molecule has 4 rings (SSSR count). The van der Waals surface area contributed by atoms with Crippen molar-refractivity contribution in [2.45, 2.75) is 56.9 Å². The fraction of sp³-hybridized carbons (Fsp3) is 0.364. The highest BCUT2D eigenvalue weighted by Crippen LogP contribution is 2.31. The molecule has 31 heavy (non-hydrogen) atoms. The number of carbonyl (C=O) groups excluding carboxylic acids is 1. The molecule has 1 amide bonds. The maximum Gasteiger partial charge on any atom is 0.240 e. The van der Waals surface area contributed by atoms with Gasteiger partial charge in [0.2, 0.25) is 15.9 Å². The summed E-state index contributed by atoms with van der Waals surface area (Å²) in [5.41, 5.74) is 3.35. The fourth-order valence-corrected chi connectivity index (χ4v) is 5.62. The highest BCUT2D eigenvalue weighted by atomic mass is 35.5. The summed E-state index contributed by atoms with van der Waals surface area (Å²) in [5.74, 6) is -0.230. The SMILES string of the molecule is CC(=O)Nc1cc(Cl)cn2c(-c3cc(S(=O)(=O)NC4CCCCC4)ccc3C)cnc12. The number of rotatable bonds is 5. The normalized spacial score (nSPS) is 15.3. The van der Waals surface area contributed by atoms with Crippen LogP contribution in [0.15, 0.2) is 41.6 Å². The zero-order chi connectivity index (χ0) is 22.2. The number of halogens is 1. The minimum Gasteiger partial charge on any atom is -0.323 e. The number of aromatic nitrogens is 2. The van der Waals surface area contributed by atoms with Crippen molar-refractivity contribution in [1.29, 1.82) is 0 Å². The van der Waals surface area contributed by atoms with Crippen LogP contribution < -0.4 is 10.0 Å². The van der Waals surface area contributed by atoms with Gasteiger partial charge in [0.05, 0.1) is 27.5 Å². The van der Waals surface area contributed by atoms with Crippen molar-refractivity contribution in [1.82, 2.24) is 14.1 Å². The van der Waals surface area contributed by atoms with Crippen LogP contribution in [0.1, 0.15) is 44.6 Å². The van der Waals surface area contributed by atoms with E-state index in [0.29, 0.717) is 22.1 Å². The van der Waals surface area contributed by atoms with Crippen LogP contribution in [0, 0.1) is 6.92 Å². The van der Waals surface area contributed by atoms with E-state index in [0.717, 1.165) is 43.2 Å². The summed E-state index contributed by atoms with van der Waals surface area (Å²) in [4.78, 5) is 16.2. The van der Waals surface area contributed by atoms with Crippen LogP contribution in [0.25, 0.3) is 16.9 Å². The second-order valence-electron chi connectivity index (χ2n) is 8.02. The van der Waals surface area contributed by atoms with Crippen molar-refractivity contribution in [3.05, 3.63) is 47.2 Å². The van der Waals surface area contributed by atoms with Crippen molar-refractivity contribution in [3.8, 4) is 11.3 Å². The second-order valence-corrected chi connectivity index (χ2v) is 10.2. The summed E-state index contributed by atoms with van der Waals surface area (Å²) in [6, 6.07) is 6.71. The molecule has 164 valence electrons. The van der Waals surface area contributed by atoms with Gasteiger partial charge in [0.25, 0.3) is 0 Å². The van der Waals surface area contributed by atoms with E-state index in [1.54, 1.807) is 41.1 Å². The van der Waals surface area contributed by atoms with Crippen LogP contribution >= 0.6 is 11.6 Å². The second kappa shape index (κ2) is 8.61. The van der Waals surface area contributed by atoms with Gasteiger partial charge in [-0.3, -0.25) is 9.20 Å². The fourth-order valence-electron chi connectivity index (χ4n) is 4.09. The molecule has 0 spiro atoms. The Hall–Kier alpha value is -2.42. The number of hydrogen-bond acceptors (Lipinski definition) is 4. The number of nitrogens with one attached hydrogen (secondary N) is 2. The number of hydrogen-bond donors (Lipinski definition) is 2. The Morgan fingerprint density at radius 3 is 2.65 bits per heavy atom. The summed E-state index contributed by atoms with van der Waals surface area (Å²) < 4.78 is 30.7. The van der Waals surface area contributed by atoms with Crippen molar-refractivity contribution >= 4 is 38.9 Å². The van der Waals surface area contributed by atoms with Crippen LogP contribution in [0.3, 0.4) is 0 Å². The molecule has 0 atom stereocenters. The number of imidazole rings is 1. The Kier molecular flexibility index (Phi) is 6.05. The maximum absolute atomic E-state index is 13.0. The number of amides is 1. The molecule has 0 aliphatic heterocycles. The average molecular weight is 461 g/mol. The number of carbonyl (C=O) groups is 1. The van der Waals surface area contributed by atoms with Crippen LogP contribution in [0.2, 0.25) is 5.02 Å². The lowest BCUT2D eigenvalue weighted by atomic mass is 9.96. The van der Waals surface area contributed by atoms with E-state index < -0.39 is 10.0 Å². The first-order valence-electron chi connectivity index (χ1n) is 10.3. The Labute approximate surface area is 186 Å². The molecule has 2 aromatic heterocycles. The zero-order valence-corrected chi connectivity index (χ0v) is 19.1. The van der Waals surface area contributed by atoms with Gasteiger partial charge < -0.3 is 5.32 Å². The van der Waals surface area contributed by atoms with Crippen LogP contribution in [-0.4, -0.2) is 29.8 Å². The zero-order valence-electron chi connectivity index (χ0n) is 17.5. The largest absolute Gasteiger partial charge is 0.323 e. The van der Waals surface area contributed by atoms with Crippen LogP contribution in [0.5, 0.6) is 0 Å². The molecule has 1 aromatic carbocycles. The third kappa shape index (κ3) is 4.61. The van der Waals surface area contributed by atoms with E-state index in [1.165, 1.54) is 6.92 Å². The number of anilines is 1. The third-order valence-electron chi connectivity index (χ3n) is 5.61. The lowest BCUT2D eigenvalue weighted by Gasteiger charge is -2.22. The van der Waals surface area contributed by atoms with Gasteiger partial charge in [0.1, 0.15) is 0 Å². The number of pyridine rings is 1. The first-order valence-corrected chi connectivity index (χ1v) is 12.2. The van der Waals surface area contributed by atoms with E-state index in [9.17, 15) is 13.2 Å². The van der Waals surface area contributed by atoms with Gasteiger partial charge in [-0.2, -0.15) is 0 Å². The molecular formula is C22H25ClN4O3S. The van der Waals surface area contributed by atoms with E-state index >= 15 is 0 Å². The topological polar surface area (TPSA) is 92.6 Å². The van der Waals surface area contributed by atoms with Crippen molar-refractivity contribution in [2.75, 3.05) is 5.32 Å². The van der Waals surface area contributed by atoms with E-state index in [-0.39, 0.29) is 16.8 Å². The molecule has 1 aliphatic rings. The number of aryl methyl sites for hydroxylation is 1. The van der Waals surface area contributed by atoms with Gasteiger partial charge in [-0.25, -0.2) is 18.1 Å². The van der Waals surface area contributed by atoms with Crippen molar-refractivity contribution < 1.29 is 13.2 Å². The van der Waals surface area contributed by atoms with E-state index in [4.69, 9.17) is 11.6 Å². The van der Waals surface area contributed by atoms with E-state index in [1.807, 2.05) is 6.92 Å². The average Bonchev–Trinajstić information content (AvgIpc) is 3.12. The minimum atomic E-state index is -3.64. The lowest BCUT2D eigenvalue weighted by molar-refractivity contribution is -0.114. The number of benzene rings is 1. The van der Waals surface area contributed by atoms with Gasteiger partial charge in [0.15, 0.2) is 5.65 Å². The minimum absolute atomic E-state index is 0.0154. The number of nitrogens with zero attached hydrogens (tertiary/aromatic N) is 2. The van der Waals surface area contributed by atoms with Gasteiger partial charge in [0, 0.05) is 24.7 Å². The molecule has 1 saturated carbocycles. The van der Waals surface area contributed by atoms with Crippen LogP contribution in [0.4, 0.5) is 5.69 Å². The quantitative estimate of drug-likeness (QED) is 0.584. The van der Waals surface area contributed by atoms with Crippen molar-refractivity contribution in [2.24, 2.45) is 0 Å². The summed E-state index contributed by atoms with van der Waals surface area (Å²) in [6.07, 6.45) is 8.35. The first kappa shape index (κ1) is 21.8. The molecular weight excluding hydrogens is 436 g/mol. The van der Waals surface area contributed by atoms with Gasteiger partial charge in [-0.15, -0.1) is 0 Å². The molecule has 0 unspecified atom stereocenters. The summed E-state index contributed by atoms with van der Waals surface area (Å²) in [7, 11) is -3.64. The molecule has 0 bridgehead atoms. The monoisotopic (exact) mass is 460 g/mol. The third-order valence-corrected chi connectivity index (χ3v) is 7.33.